The molecule has 5 N–H and O–H groups in total. The SMILES string of the molecule is NC(=O)CCCCNC(=O)NC1CCCCCC1C(=O)O. The van der Waals surface area contributed by atoms with Gasteiger partial charge in [0.1, 0.15) is 0 Å². The van der Waals surface area contributed by atoms with Crippen molar-refractivity contribution in [3.63, 3.8) is 0 Å². The lowest BCUT2D eigenvalue weighted by Crippen LogP contribution is -2.47. The quantitative estimate of drug-likeness (QED) is 0.413. The molecule has 2 unspecified atom stereocenters. The van der Waals surface area contributed by atoms with E-state index < -0.39 is 11.9 Å². The lowest BCUT2D eigenvalue weighted by Gasteiger charge is -2.23. The van der Waals surface area contributed by atoms with Crippen LogP contribution in [0.15, 0.2) is 0 Å². The van der Waals surface area contributed by atoms with E-state index in [4.69, 9.17) is 5.73 Å². The highest BCUT2D eigenvalue weighted by molar-refractivity contribution is 5.76. The van der Waals surface area contributed by atoms with Gasteiger partial charge >= 0.3 is 12.0 Å². The van der Waals surface area contributed by atoms with E-state index in [-0.39, 0.29) is 18.0 Å². The van der Waals surface area contributed by atoms with Crippen molar-refractivity contribution < 1.29 is 19.5 Å². The molecule has 1 rings (SSSR count). The topological polar surface area (TPSA) is 122 Å². The van der Waals surface area contributed by atoms with Crippen LogP contribution in [0.4, 0.5) is 4.79 Å². The predicted molar refractivity (Wildman–Crippen MR) is 77.6 cm³/mol. The molecule has 0 heterocycles. The number of nitrogens with two attached hydrogens (primary N) is 1. The number of carbonyl (C=O) groups is 3. The molecule has 1 aliphatic carbocycles. The molecule has 1 saturated carbocycles. The number of carboxylic acids is 1. The van der Waals surface area contributed by atoms with Crippen LogP contribution in [0.3, 0.4) is 0 Å². The summed E-state index contributed by atoms with van der Waals surface area (Å²) in [6.07, 6.45) is 5.77. The van der Waals surface area contributed by atoms with Crippen LogP contribution in [-0.4, -0.2) is 35.6 Å². The van der Waals surface area contributed by atoms with Gasteiger partial charge in [-0.3, -0.25) is 9.59 Å². The molecule has 0 aromatic rings. The standard InChI is InChI=1S/C14H25N3O4/c15-12(18)8-4-5-9-16-14(21)17-11-7-3-1-2-6-10(11)13(19)20/h10-11H,1-9H2,(H2,15,18)(H,19,20)(H2,16,17,21). The highest BCUT2D eigenvalue weighted by Gasteiger charge is 2.30. The van der Waals surface area contributed by atoms with Gasteiger partial charge in [0.2, 0.25) is 5.91 Å². The molecule has 0 aliphatic heterocycles. The molecule has 0 spiro atoms. The third-order valence-corrected chi connectivity index (χ3v) is 3.79. The second kappa shape index (κ2) is 9.20. The van der Waals surface area contributed by atoms with E-state index in [2.05, 4.69) is 10.6 Å². The summed E-state index contributed by atoms with van der Waals surface area (Å²) in [4.78, 5) is 33.6. The minimum atomic E-state index is -0.844. The Balaban J connectivity index is 2.30. The summed E-state index contributed by atoms with van der Waals surface area (Å²) >= 11 is 0. The molecule has 0 bridgehead atoms. The van der Waals surface area contributed by atoms with Gasteiger partial charge in [-0.15, -0.1) is 0 Å². The largest absolute Gasteiger partial charge is 0.481 e. The lowest BCUT2D eigenvalue weighted by atomic mass is 9.95. The first-order valence-electron chi connectivity index (χ1n) is 7.56. The summed E-state index contributed by atoms with van der Waals surface area (Å²) in [6.45, 7) is 0.448. The zero-order valence-electron chi connectivity index (χ0n) is 12.3. The van der Waals surface area contributed by atoms with Gasteiger partial charge in [-0.05, 0) is 25.7 Å². The van der Waals surface area contributed by atoms with Crippen molar-refractivity contribution in [2.75, 3.05) is 6.54 Å². The maximum atomic E-state index is 11.8. The number of hydrogen-bond donors (Lipinski definition) is 4. The highest BCUT2D eigenvalue weighted by Crippen LogP contribution is 2.23. The molecule has 120 valence electrons. The van der Waals surface area contributed by atoms with Crippen molar-refractivity contribution >= 4 is 17.9 Å². The summed E-state index contributed by atoms with van der Waals surface area (Å²) in [5, 5.41) is 14.7. The predicted octanol–water partition coefficient (Wildman–Crippen LogP) is 0.975. The molecular formula is C14H25N3O4. The zero-order chi connectivity index (χ0) is 15.7. The maximum absolute atomic E-state index is 11.8. The second-order valence-corrected chi connectivity index (χ2v) is 5.51. The molecule has 1 aliphatic rings. The molecular weight excluding hydrogens is 274 g/mol. The molecule has 1 fully saturated rings. The van der Waals surface area contributed by atoms with Crippen molar-refractivity contribution in [2.45, 2.75) is 57.4 Å². The number of primary amides is 1. The number of rotatable bonds is 7. The van der Waals surface area contributed by atoms with Crippen LogP contribution in [0, 0.1) is 5.92 Å². The van der Waals surface area contributed by atoms with Gasteiger partial charge in [0.05, 0.1) is 5.92 Å². The fraction of sp³-hybridized carbons (Fsp3) is 0.786. The van der Waals surface area contributed by atoms with E-state index in [1.54, 1.807) is 0 Å². The Labute approximate surface area is 124 Å². The monoisotopic (exact) mass is 299 g/mol. The first-order valence-corrected chi connectivity index (χ1v) is 7.56. The van der Waals surface area contributed by atoms with Gasteiger partial charge in [-0.25, -0.2) is 4.79 Å². The maximum Gasteiger partial charge on any atom is 0.315 e. The Morgan fingerprint density at radius 2 is 1.81 bits per heavy atom. The van der Waals surface area contributed by atoms with Gasteiger partial charge in [-0.2, -0.15) is 0 Å². The Bertz CT molecular complexity index is 373. The van der Waals surface area contributed by atoms with E-state index in [1.807, 2.05) is 0 Å². The summed E-state index contributed by atoms with van der Waals surface area (Å²) in [5.74, 6) is -1.70. The minimum Gasteiger partial charge on any atom is -0.481 e. The highest BCUT2D eigenvalue weighted by atomic mass is 16.4. The molecule has 7 nitrogen and oxygen atoms in total. The average Bonchev–Trinajstić information content (AvgIpc) is 2.63. The van der Waals surface area contributed by atoms with Crippen molar-refractivity contribution in [1.29, 1.82) is 0 Å². The van der Waals surface area contributed by atoms with Gasteiger partial charge in [0.15, 0.2) is 0 Å². The molecule has 0 radical (unpaired) electrons. The van der Waals surface area contributed by atoms with Crippen LogP contribution in [-0.2, 0) is 9.59 Å². The number of hydrogen-bond acceptors (Lipinski definition) is 3. The van der Waals surface area contributed by atoms with E-state index in [0.29, 0.717) is 38.6 Å². The Kier molecular flexibility index (Phi) is 7.56. The number of aliphatic carboxylic acids is 1. The van der Waals surface area contributed by atoms with Crippen LogP contribution in [0.25, 0.3) is 0 Å². The van der Waals surface area contributed by atoms with Crippen LogP contribution < -0.4 is 16.4 Å². The van der Waals surface area contributed by atoms with E-state index >= 15 is 0 Å². The zero-order valence-corrected chi connectivity index (χ0v) is 12.3. The average molecular weight is 299 g/mol. The van der Waals surface area contributed by atoms with Gasteiger partial charge < -0.3 is 21.5 Å². The molecule has 21 heavy (non-hydrogen) atoms. The number of carbonyl (C=O) groups excluding carboxylic acids is 2. The Morgan fingerprint density at radius 1 is 1.10 bits per heavy atom. The van der Waals surface area contributed by atoms with E-state index in [1.165, 1.54) is 0 Å². The summed E-state index contributed by atoms with van der Waals surface area (Å²) in [5.41, 5.74) is 5.02. The van der Waals surface area contributed by atoms with Crippen LogP contribution in [0.1, 0.15) is 51.4 Å². The summed E-state index contributed by atoms with van der Waals surface area (Å²) in [6, 6.07) is -0.650. The molecule has 0 saturated heterocycles. The Hall–Kier alpha value is -1.79. The first-order chi connectivity index (χ1) is 10.0. The summed E-state index contributed by atoms with van der Waals surface area (Å²) < 4.78 is 0. The molecule has 0 aromatic heterocycles. The molecule has 7 heteroatoms. The van der Waals surface area contributed by atoms with Crippen LogP contribution in [0.2, 0.25) is 0 Å². The first kappa shape index (κ1) is 17.3. The Morgan fingerprint density at radius 3 is 2.48 bits per heavy atom. The number of carboxylic acid groups (broad SMARTS) is 1. The third kappa shape index (κ3) is 6.97. The van der Waals surface area contributed by atoms with Crippen molar-refractivity contribution in [3.8, 4) is 0 Å². The van der Waals surface area contributed by atoms with Crippen LogP contribution in [0.5, 0.6) is 0 Å². The van der Waals surface area contributed by atoms with Gasteiger partial charge in [-0.1, -0.05) is 19.3 Å². The third-order valence-electron chi connectivity index (χ3n) is 3.79. The fourth-order valence-electron chi connectivity index (χ4n) is 2.62. The molecule has 2 atom stereocenters. The molecule has 3 amide bonds. The van der Waals surface area contributed by atoms with Crippen molar-refractivity contribution in [3.05, 3.63) is 0 Å². The minimum absolute atomic E-state index is 0.310. The van der Waals surface area contributed by atoms with Gasteiger partial charge in [0, 0.05) is 19.0 Å². The van der Waals surface area contributed by atoms with E-state index in [9.17, 15) is 19.5 Å². The van der Waals surface area contributed by atoms with E-state index in [0.717, 1.165) is 19.3 Å². The smallest absolute Gasteiger partial charge is 0.315 e. The second-order valence-electron chi connectivity index (χ2n) is 5.51. The fourth-order valence-corrected chi connectivity index (χ4v) is 2.62. The number of unbranched alkanes of at least 4 members (excludes halogenated alkanes) is 1. The number of amides is 3. The molecule has 0 aromatic carbocycles. The van der Waals surface area contributed by atoms with Crippen LogP contribution >= 0.6 is 0 Å². The lowest BCUT2D eigenvalue weighted by molar-refractivity contribution is -0.142. The number of nitrogens with one attached hydrogen (secondary N) is 2. The van der Waals surface area contributed by atoms with Gasteiger partial charge in [0.25, 0.3) is 0 Å². The van der Waals surface area contributed by atoms with Crippen molar-refractivity contribution in [1.82, 2.24) is 10.6 Å². The summed E-state index contributed by atoms with van der Waals surface area (Å²) in [7, 11) is 0. The number of urea groups is 1. The normalized spacial score (nSPS) is 22.1. The van der Waals surface area contributed by atoms with Crippen molar-refractivity contribution in [2.24, 2.45) is 11.7 Å².